The van der Waals surface area contributed by atoms with Crippen LogP contribution >= 0.6 is 0 Å². The fraction of sp³-hybridized carbons (Fsp3) is 0.636. The molecule has 0 aromatic heterocycles. The van der Waals surface area contributed by atoms with Gasteiger partial charge in [-0.15, -0.1) is 0 Å². The van der Waals surface area contributed by atoms with E-state index < -0.39 is 54.8 Å². The number of hydrogen-bond donors (Lipinski definition) is 6. The Morgan fingerprint density at radius 1 is 0.857 bits per heavy atom. The van der Waals surface area contributed by atoms with Crippen LogP contribution in [0, 0.1) is 0 Å². The zero-order chi connectivity index (χ0) is 16.6. The van der Waals surface area contributed by atoms with Crippen molar-refractivity contribution >= 4 is 23.9 Å². The van der Waals surface area contributed by atoms with E-state index in [4.69, 9.17) is 20.4 Å². The molecule has 0 rings (SSSR count). The van der Waals surface area contributed by atoms with Crippen molar-refractivity contribution in [2.24, 2.45) is 0 Å². The standard InChI is InChI=1S/C11H18N2O8/c1-5(13-7(11(20)21)3-9(16)17)4-12-6(10(18)19)2-8(14)15/h5-7,12-13H,2-4H2,1H3,(H,14,15)(H,16,17)(H,18,19)(H,20,21)/t5?,6-,7-/m0/s1. The van der Waals surface area contributed by atoms with Gasteiger partial charge in [-0.2, -0.15) is 0 Å². The second-order valence-electron chi connectivity index (χ2n) is 4.45. The zero-order valence-electron chi connectivity index (χ0n) is 11.3. The van der Waals surface area contributed by atoms with Gasteiger partial charge < -0.3 is 31.1 Å². The molecule has 0 spiro atoms. The van der Waals surface area contributed by atoms with Crippen molar-refractivity contribution in [3.63, 3.8) is 0 Å². The molecule has 0 saturated heterocycles. The van der Waals surface area contributed by atoms with Crippen LogP contribution in [-0.4, -0.2) is 69.0 Å². The van der Waals surface area contributed by atoms with Crippen molar-refractivity contribution < 1.29 is 39.6 Å². The van der Waals surface area contributed by atoms with Gasteiger partial charge in [0, 0.05) is 12.6 Å². The van der Waals surface area contributed by atoms with Crippen LogP contribution in [0.4, 0.5) is 0 Å². The highest BCUT2D eigenvalue weighted by Gasteiger charge is 2.24. The predicted octanol–water partition coefficient (Wildman–Crippen LogP) is -1.59. The Labute approximate surface area is 119 Å². The molecule has 3 atom stereocenters. The minimum absolute atomic E-state index is 0.0341. The van der Waals surface area contributed by atoms with Crippen molar-refractivity contribution in [2.45, 2.75) is 37.9 Å². The monoisotopic (exact) mass is 306 g/mol. The molecule has 1 unspecified atom stereocenters. The van der Waals surface area contributed by atoms with E-state index in [1.807, 2.05) is 0 Å². The summed E-state index contributed by atoms with van der Waals surface area (Å²) in [6.45, 7) is 1.48. The molecule has 21 heavy (non-hydrogen) atoms. The molecule has 0 aromatic carbocycles. The summed E-state index contributed by atoms with van der Waals surface area (Å²) in [6, 6.07) is -3.20. The van der Waals surface area contributed by atoms with Crippen LogP contribution in [0.2, 0.25) is 0 Å². The molecule has 0 amide bonds. The average Bonchev–Trinajstić information content (AvgIpc) is 2.32. The molecule has 120 valence electrons. The van der Waals surface area contributed by atoms with Gasteiger partial charge in [0.05, 0.1) is 12.8 Å². The highest BCUT2D eigenvalue weighted by molar-refractivity contribution is 5.81. The van der Waals surface area contributed by atoms with E-state index in [2.05, 4.69) is 10.6 Å². The molecule has 0 aliphatic rings. The number of carboxylic acids is 4. The van der Waals surface area contributed by atoms with Crippen LogP contribution in [0.3, 0.4) is 0 Å². The van der Waals surface area contributed by atoms with Gasteiger partial charge in [0.15, 0.2) is 0 Å². The third-order valence-corrected chi connectivity index (χ3v) is 2.51. The summed E-state index contributed by atoms with van der Waals surface area (Å²) in [5, 5.41) is 39.7. The summed E-state index contributed by atoms with van der Waals surface area (Å²) in [7, 11) is 0. The molecule has 0 heterocycles. The van der Waals surface area contributed by atoms with Crippen LogP contribution in [0.1, 0.15) is 19.8 Å². The summed E-state index contributed by atoms with van der Waals surface area (Å²) in [4.78, 5) is 42.6. The van der Waals surface area contributed by atoms with Gasteiger partial charge in [0.25, 0.3) is 0 Å². The largest absolute Gasteiger partial charge is 0.481 e. The number of hydrogen-bond acceptors (Lipinski definition) is 6. The predicted molar refractivity (Wildman–Crippen MR) is 68.0 cm³/mol. The lowest BCUT2D eigenvalue weighted by atomic mass is 10.1. The van der Waals surface area contributed by atoms with Gasteiger partial charge in [-0.05, 0) is 6.92 Å². The highest BCUT2D eigenvalue weighted by atomic mass is 16.4. The molecule has 10 heteroatoms. The van der Waals surface area contributed by atoms with Gasteiger partial charge >= 0.3 is 23.9 Å². The summed E-state index contributed by atoms with van der Waals surface area (Å²) in [6.07, 6.45) is -1.25. The zero-order valence-corrected chi connectivity index (χ0v) is 11.3. The Morgan fingerprint density at radius 3 is 1.67 bits per heavy atom. The van der Waals surface area contributed by atoms with Crippen molar-refractivity contribution in [2.75, 3.05) is 6.54 Å². The first-order valence-electron chi connectivity index (χ1n) is 6.02. The maximum Gasteiger partial charge on any atom is 0.321 e. The highest BCUT2D eigenvalue weighted by Crippen LogP contribution is 1.97. The van der Waals surface area contributed by atoms with Gasteiger partial charge in [-0.3, -0.25) is 19.2 Å². The molecule has 0 radical (unpaired) electrons. The molecule has 0 saturated carbocycles. The summed E-state index contributed by atoms with van der Waals surface area (Å²) in [5.74, 6) is -5.26. The quantitative estimate of drug-likeness (QED) is 0.261. The average molecular weight is 306 g/mol. The number of carbonyl (C=O) groups is 4. The Hall–Kier alpha value is -2.20. The summed E-state index contributed by atoms with van der Waals surface area (Å²) in [5.41, 5.74) is 0. The van der Waals surface area contributed by atoms with Crippen molar-refractivity contribution in [1.82, 2.24) is 10.6 Å². The van der Waals surface area contributed by atoms with Crippen molar-refractivity contribution in [3.8, 4) is 0 Å². The fourth-order valence-corrected chi connectivity index (χ4v) is 1.53. The van der Waals surface area contributed by atoms with Gasteiger partial charge in [0.2, 0.25) is 0 Å². The Balaban J connectivity index is 4.42. The first kappa shape index (κ1) is 18.8. The SMILES string of the molecule is CC(CN[C@@H](CC(=O)O)C(=O)O)N[C@@H](CC(=O)O)C(=O)O. The Bertz CT molecular complexity index is 411. The van der Waals surface area contributed by atoms with E-state index in [9.17, 15) is 19.2 Å². The van der Waals surface area contributed by atoms with Crippen molar-refractivity contribution in [3.05, 3.63) is 0 Å². The first-order chi connectivity index (χ1) is 9.63. The molecule has 10 nitrogen and oxygen atoms in total. The van der Waals surface area contributed by atoms with Gasteiger partial charge in [-0.25, -0.2) is 0 Å². The normalized spacial score (nSPS) is 14.9. The maximum absolute atomic E-state index is 10.8. The second kappa shape index (κ2) is 8.87. The number of aliphatic carboxylic acids is 4. The topological polar surface area (TPSA) is 173 Å². The van der Waals surface area contributed by atoms with Crippen molar-refractivity contribution in [1.29, 1.82) is 0 Å². The molecule has 0 aliphatic heterocycles. The minimum atomic E-state index is -1.34. The minimum Gasteiger partial charge on any atom is -0.481 e. The van der Waals surface area contributed by atoms with Crippen LogP contribution in [0.5, 0.6) is 0 Å². The smallest absolute Gasteiger partial charge is 0.321 e. The number of carboxylic acid groups (broad SMARTS) is 4. The van der Waals surface area contributed by atoms with E-state index in [1.54, 1.807) is 0 Å². The van der Waals surface area contributed by atoms with Gasteiger partial charge in [-0.1, -0.05) is 0 Å². The third kappa shape index (κ3) is 8.55. The van der Waals surface area contributed by atoms with E-state index in [1.165, 1.54) is 6.92 Å². The van der Waals surface area contributed by atoms with Crippen LogP contribution < -0.4 is 10.6 Å². The fourth-order valence-electron chi connectivity index (χ4n) is 1.53. The lowest BCUT2D eigenvalue weighted by molar-refractivity contribution is -0.146. The third-order valence-electron chi connectivity index (χ3n) is 2.51. The molecule has 0 bridgehead atoms. The lowest BCUT2D eigenvalue weighted by Crippen LogP contribution is -2.50. The summed E-state index contributed by atoms with van der Waals surface area (Å²) < 4.78 is 0. The molecular weight excluding hydrogens is 288 g/mol. The Kier molecular flexibility index (Phi) is 7.94. The van der Waals surface area contributed by atoms with E-state index in [-0.39, 0.29) is 6.54 Å². The first-order valence-corrected chi connectivity index (χ1v) is 6.02. The number of rotatable bonds is 11. The lowest BCUT2D eigenvalue weighted by Gasteiger charge is -2.21. The molecular formula is C11H18N2O8. The number of nitrogens with one attached hydrogen (secondary N) is 2. The maximum atomic E-state index is 10.8. The van der Waals surface area contributed by atoms with E-state index in [0.29, 0.717) is 0 Å². The molecule has 0 aromatic rings. The van der Waals surface area contributed by atoms with Crippen LogP contribution in [0.25, 0.3) is 0 Å². The molecule has 0 fully saturated rings. The van der Waals surface area contributed by atoms with E-state index in [0.717, 1.165) is 0 Å². The van der Waals surface area contributed by atoms with E-state index >= 15 is 0 Å². The molecule has 6 N–H and O–H groups in total. The van der Waals surface area contributed by atoms with Crippen LogP contribution in [0.15, 0.2) is 0 Å². The Morgan fingerprint density at radius 2 is 1.29 bits per heavy atom. The molecule has 0 aliphatic carbocycles. The second-order valence-corrected chi connectivity index (χ2v) is 4.45. The van der Waals surface area contributed by atoms with Crippen LogP contribution in [-0.2, 0) is 19.2 Å². The summed E-state index contributed by atoms with van der Waals surface area (Å²) >= 11 is 0. The van der Waals surface area contributed by atoms with Gasteiger partial charge in [0.1, 0.15) is 12.1 Å².